The smallest absolute Gasteiger partial charge is 0.281 e. The molecule has 27 heavy (non-hydrogen) atoms. The number of hydrogen-bond acceptors (Lipinski definition) is 6. The topological polar surface area (TPSA) is 86.1 Å². The Kier molecular flexibility index (Phi) is 6.31. The van der Waals surface area contributed by atoms with Gasteiger partial charge in [-0.25, -0.2) is 4.98 Å². The summed E-state index contributed by atoms with van der Waals surface area (Å²) in [7, 11) is 0. The standard InChI is InChI=1S/C19H22N4O3S/c1-13(2)26-10-6-9-20-18(24)17-15-16(22-27-17)19(25)23(12-21-15)11-14-7-4-3-5-8-14/h3-5,7-8,12-13H,6,9-11H2,1-2H3,(H,20,24). The van der Waals surface area contributed by atoms with E-state index in [1.807, 2.05) is 44.2 Å². The van der Waals surface area contributed by atoms with Gasteiger partial charge in [-0.15, -0.1) is 0 Å². The van der Waals surface area contributed by atoms with Crippen molar-refractivity contribution in [1.82, 2.24) is 19.2 Å². The number of carbonyl (C=O) groups excluding carboxylic acids is 1. The third kappa shape index (κ3) is 4.78. The Hall–Kier alpha value is -2.58. The second-order valence-corrected chi connectivity index (χ2v) is 7.17. The summed E-state index contributed by atoms with van der Waals surface area (Å²) in [6.45, 7) is 5.44. The third-order valence-electron chi connectivity index (χ3n) is 3.92. The van der Waals surface area contributed by atoms with Crippen LogP contribution in [-0.4, -0.2) is 39.1 Å². The van der Waals surface area contributed by atoms with Crippen LogP contribution in [-0.2, 0) is 11.3 Å². The first kappa shape index (κ1) is 19.2. The maximum absolute atomic E-state index is 12.7. The van der Waals surface area contributed by atoms with Crippen LogP contribution < -0.4 is 10.9 Å². The zero-order valence-corrected chi connectivity index (χ0v) is 16.2. The van der Waals surface area contributed by atoms with Crippen LogP contribution in [0.15, 0.2) is 41.5 Å². The van der Waals surface area contributed by atoms with Crippen molar-refractivity contribution >= 4 is 28.5 Å². The molecule has 1 amide bonds. The number of nitrogens with one attached hydrogen (secondary N) is 1. The van der Waals surface area contributed by atoms with E-state index >= 15 is 0 Å². The van der Waals surface area contributed by atoms with E-state index < -0.39 is 0 Å². The lowest BCUT2D eigenvalue weighted by atomic mass is 10.2. The molecule has 7 nitrogen and oxygen atoms in total. The summed E-state index contributed by atoms with van der Waals surface area (Å²) in [6, 6.07) is 9.65. The summed E-state index contributed by atoms with van der Waals surface area (Å²) in [5.74, 6) is -0.264. The van der Waals surface area contributed by atoms with Gasteiger partial charge in [-0.1, -0.05) is 30.3 Å². The monoisotopic (exact) mass is 386 g/mol. The number of hydrogen-bond donors (Lipinski definition) is 1. The molecule has 2 heterocycles. The molecule has 0 fully saturated rings. The van der Waals surface area contributed by atoms with Crippen molar-refractivity contribution in [2.75, 3.05) is 13.2 Å². The van der Waals surface area contributed by atoms with Crippen molar-refractivity contribution in [2.45, 2.75) is 32.9 Å². The Morgan fingerprint density at radius 2 is 2.04 bits per heavy atom. The average Bonchev–Trinajstić information content (AvgIpc) is 3.09. The molecule has 0 spiro atoms. The van der Waals surface area contributed by atoms with Crippen molar-refractivity contribution in [3.8, 4) is 0 Å². The molecular formula is C19H22N4O3S. The molecule has 0 aliphatic heterocycles. The molecule has 0 unspecified atom stereocenters. The molecule has 1 N–H and O–H groups in total. The number of fused-ring (bicyclic) bond motifs is 1. The summed E-state index contributed by atoms with van der Waals surface area (Å²) in [6.07, 6.45) is 2.37. The van der Waals surface area contributed by atoms with E-state index in [9.17, 15) is 9.59 Å². The predicted octanol–water partition coefficient (Wildman–Crippen LogP) is 2.45. The molecule has 0 atom stereocenters. The summed E-state index contributed by atoms with van der Waals surface area (Å²) in [5.41, 5.74) is 1.33. The highest BCUT2D eigenvalue weighted by molar-refractivity contribution is 7.09. The highest BCUT2D eigenvalue weighted by atomic mass is 32.1. The molecule has 1 aromatic carbocycles. The van der Waals surface area contributed by atoms with Gasteiger partial charge in [0.05, 0.1) is 19.0 Å². The van der Waals surface area contributed by atoms with E-state index in [0.717, 1.165) is 23.5 Å². The second-order valence-electron chi connectivity index (χ2n) is 6.40. The van der Waals surface area contributed by atoms with Gasteiger partial charge >= 0.3 is 0 Å². The zero-order chi connectivity index (χ0) is 19.2. The first-order valence-electron chi connectivity index (χ1n) is 8.85. The van der Waals surface area contributed by atoms with Crippen molar-refractivity contribution in [3.05, 3.63) is 57.5 Å². The van der Waals surface area contributed by atoms with Crippen molar-refractivity contribution in [3.63, 3.8) is 0 Å². The van der Waals surface area contributed by atoms with Gasteiger partial charge in [0.2, 0.25) is 0 Å². The lowest BCUT2D eigenvalue weighted by Gasteiger charge is -2.08. The van der Waals surface area contributed by atoms with E-state index in [1.165, 1.54) is 10.9 Å². The molecule has 0 saturated heterocycles. The first-order chi connectivity index (χ1) is 13.1. The average molecular weight is 386 g/mol. The van der Waals surface area contributed by atoms with E-state index in [-0.39, 0.29) is 23.1 Å². The fraction of sp³-hybridized carbons (Fsp3) is 0.368. The van der Waals surface area contributed by atoms with Crippen LogP contribution in [0.25, 0.3) is 11.0 Å². The Morgan fingerprint density at radius 1 is 1.26 bits per heavy atom. The van der Waals surface area contributed by atoms with Gasteiger partial charge in [-0.3, -0.25) is 14.2 Å². The summed E-state index contributed by atoms with van der Waals surface area (Å²) < 4.78 is 11.1. The number of benzene rings is 1. The molecular weight excluding hydrogens is 364 g/mol. The number of ether oxygens (including phenoxy) is 1. The van der Waals surface area contributed by atoms with Crippen LogP contribution in [0.3, 0.4) is 0 Å². The van der Waals surface area contributed by atoms with E-state index in [4.69, 9.17) is 4.74 Å². The van der Waals surface area contributed by atoms with Crippen LogP contribution >= 0.6 is 11.5 Å². The van der Waals surface area contributed by atoms with Crippen molar-refractivity contribution in [1.29, 1.82) is 0 Å². The zero-order valence-electron chi connectivity index (χ0n) is 15.3. The summed E-state index contributed by atoms with van der Waals surface area (Å²) in [5, 5.41) is 2.83. The van der Waals surface area contributed by atoms with Crippen LogP contribution in [0.1, 0.15) is 35.5 Å². The quantitative estimate of drug-likeness (QED) is 0.601. The van der Waals surface area contributed by atoms with E-state index in [2.05, 4.69) is 14.7 Å². The summed E-state index contributed by atoms with van der Waals surface area (Å²) in [4.78, 5) is 29.7. The molecule has 3 aromatic rings. The summed E-state index contributed by atoms with van der Waals surface area (Å²) >= 11 is 1.000. The van der Waals surface area contributed by atoms with Gasteiger partial charge in [0.15, 0.2) is 5.52 Å². The minimum Gasteiger partial charge on any atom is -0.379 e. The molecule has 3 rings (SSSR count). The largest absolute Gasteiger partial charge is 0.379 e. The SMILES string of the molecule is CC(C)OCCCNC(=O)c1snc2c(=O)n(Cc3ccccc3)cnc12. The van der Waals surface area contributed by atoms with Gasteiger partial charge in [-0.05, 0) is 37.4 Å². The second kappa shape index (κ2) is 8.88. The van der Waals surface area contributed by atoms with Crippen LogP contribution in [0.4, 0.5) is 0 Å². The molecule has 0 bridgehead atoms. The normalized spacial score (nSPS) is 11.2. The predicted molar refractivity (Wildman–Crippen MR) is 105 cm³/mol. The fourth-order valence-electron chi connectivity index (χ4n) is 2.58. The molecule has 0 aliphatic carbocycles. The van der Waals surface area contributed by atoms with Gasteiger partial charge in [0.25, 0.3) is 11.5 Å². The minimum absolute atomic E-state index is 0.174. The Labute approximate surface area is 161 Å². The van der Waals surface area contributed by atoms with Gasteiger partial charge in [0.1, 0.15) is 10.4 Å². The first-order valence-corrected chi connectivity index (χ1v) is 9.62. The Balaban J connectivity index is 1.70. The van der Waals surface area contributed by atoms with Crippen LogP contribution in [0, 0.1) is 0 Å². The molecule has 8 heteroatoms. The Morgan fingerprint density at radius 3 is 2.78 bits per heavy atom. The molecule has 142 valence electrons. The molecule has 0 radical (unpaired) electrons. The number of carbonyl (C=O) groups is 1. The van der Waals surface area contributed by atoms with Crippen molar-refractivity contribution in [2.24, 2.45) is 0 Å². The van der Waals surface area contributed by atoms with E-state index in [0.29, 0.717) is 30.1 Å². The molecule has 2 aromatic heterocycles. The highest BCUT2D eigenvalue weighted by Gasteiger charge is 2.18. The number of aromatic nitrogens is 3. The third-order valence-corrected chi connectivity index (χ3v) is 4.75. The minimum atomic E-state index is -0.264. The number of amides is 1. The number of rotatable bonds is 8. The lowest BCUT2D eigenvalue weighted by Crippen LogP contribution is -2.26. The number of nitrogens with zero attached hydrogens (tertiary/aromatic N) is 3. The Bertz CT molecular complexity index is 966. The molecule has 0 aliphatic rings. The van der Waals surface area contributed by atoms with Gasteiger partial charge in [0, 0.05) is 13.2 Å². The van der Waals surface area contributed by atoms with E-state index in [1.54, 1.807) is 0 Å². The van der Waals surface area contributed by atoms with Crippen molar-refractivity contribution < 1.29 is 9.53 Å². The highest BCUT2D eigenvalue weighted by Crippen LogP contribution is 2.17. The van der Waals surface area contributed by atoms with Gasteiger partial charge in [-0.2, -0.15) is 4.37 Å². The maximum atomic E-state index is 12.7. The lowest BCUT2D eigenvalue weighted by molar-refractivity contribution is 0.0758. The van der Waals surface area contributed by atoms with Crippen LogP contribution in [0.5, 0.6) is 0 Å². The molecule has 0 saturated carbocycles. The fourth-order valence-corrected chi connectivity index (χ4v) is 3.31. The van der Waals surface area contributed by atoms with Gasteiger partial charge < -0.3 is 10.1 Å². The van der Waals surface area contributed by atoms with Crippen LogP contribution in [0.2, 0.25) is 0 Å². The maximum Gasteiger partial charge on any atom is 0.281 e.